The van der Waals surface area contributed by atoms with Gasteiger partial charge in [-0.15, -0.1) is 0 Å². The molecular weight excluding hydrogens is 248 g/mol. The Bertz CT molecular complexity index is 230. The Balaban J connectivity index is 1.90. The average molecular weight is 284 g/mol. The molecule has 0 radical (unpaired) electrons. The summed E-state index contributed by atoms with van der Waals surface area (Å²) in [5, 5.41) is 3.55. The molecule has 1 fully saturated rings. The molecule has 0 atom stereocenters. The van der Waals surface area contributed by atoms with Crippen molar-refractivity contribution >= 4 is 0 Å². The lowest BCUT2D eigenvalue weighted by Gasteiger charge is -2.31. The average Bonchev–Trinajstić information content (AvgIpc) is 2.38. The number of hydrogen-bond acceptors (Lipinski definition) is 3. The molecule has 0 saturated carbocycles. The van der Waals surface area contributed by atoms with Crippen LogP contribution < -0.4 is 5.32 Å². The molecule has 120 valence electrons. The largest absolute Gasteiger partial charge is 0.378 e. The summed E-state index contributed by atoms with van der Waals surface area (Å²) in [7, 11) is 0. The van der Waals surface area contributed by atoms with Crippen LogP contribution in [0, 0.1) is 0 Å². The van der Waals surface area contributed by atoms with E-state index in [-0.39, 0.29) is 5.54 Å². The van der Waals surface area contributed by atoms with E-state index >= 15 is 0 Å². The molecule has 0 amide bonds. The molecule has 0 bridgehead atoms. The van der Waals surface area contributed by atoms with Crippen molar-refractivity contribution in [3.8, 4) is 0 Å². The number of likely N-dealkylation sites (tertiary alicyclic amines) is 1. The molecule has 0 aliphatic carbocycles. The van der Waals surface area contributed by atoms with Crippen LogP contribution in [-0.4, -0.2) is 49.3 Å². The highest BCUT2D eigenvalue weighted by Crippen LogP contribution is 2.14. The van der Waals surface area contributed by atoms with Gasteiger partial charge < -0.3 is 15.0 Å². The highest BCUT2D eigenvalue weighted by molar-refractivity contribution is 4.72. The van der Waals surface area contributed by atoms with Crippen LogP contribution in [0.1, 0.15) is 66.2 Å². The highest BCUT2D eigenvalue weighted by Gasteiger charge is 2.18. The third kappa shape index (κ3) is 8.93. The van der Waals surface area contributed by atoms with Crippen LogP contribution in [0.25, 0.3) is 0 Å². The summed E-state index contributed by atoms with van der Waals surface area (Å²) in [5.41, 5.74) is 0.269. The number of piperidine rings is 1. The van der Waals surface area contributed by atoms with Crippen molar-refractivity contribution in [1.29, 1.82) is 0 Å². The molecule has 0 aromatic rings. The predicted molar refractivity (Wildman–Crippen MR) is 87.3 cm³/mol. The summed E-state index contributed by atoms with van der Waals surface area (Å²) in [5.74, 6) is 0. The van der Waals surface area contributed by atoms with Crippen LogP contribution in [0.4, 0.5) is 0 Å². The van der Waals surface area contributed by atoms with E-state index in [4.69, 9.17) is 4.74 Å². The standard InChI is InChI=1S/C17H36N2O/c1-5-20-16-10-14-19(15-11-16)13-9-7-6-8-12-18-17(2,3)4/h16,18H,5-15H2,1-4H3. The Morgan fingerprint density at radius 1 is 1.05 bits per heavy atom. The second kappa shape index (κ2) is 9.75. The van der Waals surface area contributed by atoms with Gasteiger partial charge in [-0.2, -0.15) is 0 Å². The molecule has 0 aromatic heterocycles. The Morgan fingerprint density at radius 2 is 1.70 bits per heavy atom. The van der Waals surface area contributed by atoms with Crippen molar-refractivity contribution in [2.45, 2.75) is 77.9 Å². The first-order chi connectivity index (χ1) is 9.51. The molecule has 3 heteroatoms. The van der Waals surface area contributed by atoms with Gasteiger partial charge in [-0.3, -0.25) is 0 Å². The molecule has 0 aromatic carbocycles. The van der Waals surface area contributed by atoms with E-state index in [2.05, 4.69) is 37.9 Å². The second-order valence-electron chi connectivity index (χ2n) is 7.09. The minimum atomic E-state index is 0.269. The fraction of sp³-hybridized carbons (Fsp3) is 1.00. The molecule has 0 spiro atoms. The molecule has 1 heterocycles. The van der Waals surface area contributed by atoms with Gasteiger partial charge in [-0.1, -0.05) is 12.8 Å². The normalized spacial score (nSPS) is 18.6. The van der Waals surface area contributed by atoms with Gasteiger partial charge in [0.2, 0.25) is 0 Å². The fourth-order valence-electron chi connectivity index (χ4n) is 2.81. The van der Waals surface area contributed by atoms with E-state index < -0.39 is 0 Å². The Labute approximate surface area is 126 Å². The van der Waals surface area contributed by atoms with E-state index in [0.29, 0.717) is 6.10 Å². The van der Waals surface area contributed by atoms with Gasteiger partial charge in [-0.05, 0) is 66.5 Å². The van der Waals surface area contributed by atoms with Crippen LogP contribution in [-0.2, 0) is 4.74 Å². The summed E-state index contributed by atoms with van der Waals surface area (Å²) in [6.45, 7) is 14.6. The number of rotatable bonds is 9. The number of nitrogens with one attached hydrogen (secondary N) is 1. The number of unbranched alkanes of at least 4 members (excludes halogenated alkanes) is 3. The lowest BCUT2D eigenvalue weighted by molar-refractivity contribution is 0.0140. The van der Waals surface area contributed by atoms with Crippen molar-refractivity contribution in [2.24, 2.45) is 0 Å². The van der Waals surface area contributed by atoms with Crippen LogP contribution >= 0.6 is 0 Å². The summed E-state index contributed by atoms with van der Waals surface area (Å²) in [4.78, 5) is 2.61. The van der Waals surface area contributed by atoms with E-state index in [9.17, 15) is 0 Å². The van der Waals surface area contributed by atoms with Crippen molar-refractivity contribution in [2.75, 3.05) is 32.8 Å². The Morgan fingerprint density at radius 3 is 2.30 bits per heavy atom. The van der Waals surface area contributed by atoms with Gasteiger partial charge in [0.05, 0.1) is 6.10 Å². The SMILES string of the molecule is CCOC1CCN(CCCCCCNC(C)(C)C)CC1. The van der Waals surface area contributed by atoms with Gasteiger partial charge in [0.25, 0.3) is 0 Å². The smallest absolute Gasteiger partial charge is 0.0599 e. The zero-order valence-electron chi connectivity index (χ0n) is 14.2. The van der Waals surface area contributed by atoms with Crippen molar-refractivity contribution in [3.63, 3.8) is 0 Å². The monoisotopic (exact) mass is 284 g/mol. The minimum absolute atomic E-state index is 0.269. The summed E-state index contributed by atoms with van der Waals surface area (Å²) >= 11 is 0. The van der Waals surface area contributed by atoms with Crippen LogP contribution in [0.2, 0.25) is 0 Å². The van der Waals surface area contributed by atoms with Gasteiger partial charge in [0, 0.05) is 25.2 Å². The molecule has 1 rings (SSSR count). The molecule has 1 N–H and O–H groups in total. The molecular formula is C17H36N2O. The van der Waals surface area contributed by atoms with Crippen LogP contribution in [0.5, 0.6) is 0 Å². The maximum atomic E-state index is 5.69. The predicted octanol–water partition coefficient (Wildman–Crippen LogP) is 3.44. The van der Waals surface area contributed by atoms with E-state index in [0.717, 1.165) is 13.2 Å². The van der Waals surface area contributed by atoms with Gasteiger partial charge in [-0.25, -0.2) is 0 Å². The van der Waals surface area contributed by atoms with E-state index in [1.165, 1.54) is 58.2 Å². The highest BCUT2D eigenvalue weighted by atomic mass is 16.5. The fourth-order valence-corrected chi connectivity index (χ4v) is 2.81. The maximum absolute atomic E-state index is 5.69. The number of ether oxygens (including phenoxy) is 1. The second-order valence-corrected chi connectivity index (χ2v) is 7.09. The Kier molecular flexibility index (Phi) is 8.74. The van der Waals surface area contributed by atoms with Crippen molar-refractivity contribution in [1.82, 2.24) is 10.2 Å². The topological polar surface area (TPSA) is 24.5 Å². The van der Waals surface area contributed by atoms with Crippen LogP contribution in [0.3, 0.4) is 0 Å². The van der Waals surface area contributed by atoms with Gasteiger partial charge in [0.15, 0.2) is 0 Å². The van der Waals surface area contributed by atoms with E-state index in [1.54, 1.807) is 0 Å². The molecule has 3 nitrogen and oxygen atoms in total. The summed E-state index contributed by atoms with van der Waals surface area (Å²) < 4.78 is 5.69. The third-order valence-corrected chi connectivity index (χ3v) is 3.99. The quantitative estimate of drug-likeness (QED) is 0.656. The van der Waals surface area contributed by atoms with Crippen molar-refractivity contribution in [3.05, 3.63) is 0 Å². The maximum Gasteiger partial charge on any atom is 0.0599 e. The molecule has 1 saturated heterocycles. The van der Waals surface area contributed by atoms with Crippen LogP contribution in [0.15, 0.2) is 0 Å². The van der Waals surface area contributed by atoms with Gasteiger partial charge in [0.1, 0.15) is 0 Å². The van der Waals surface area contributed by atoms with E-state index in [1.807, 2.05) is 0 Å². The summed E-state index contributed by atoms with van der Waals surface area (Å²) in [6, 6.07) is 0. The first kappa shape index (κ1) is 17.9. The zero-order valence-corrected chi connectivity index (χ0v) is 14.2. The third-order valence-electron chi connectivity index (χ3n) is 3.99. The molecule has 1 aliphatic heterocycles. The first-order valence-corrected chi connectivity index (χ1v) is 8.60. The molecule has 20 heavy (non-hydrogen) atoms. The first-order valence-electron chi connectivity index (χ1n) is 8.60. The molecule has 1 aliphatic rings. The zero-order chi connectivity index (χ0) is 14.8. The van der Waals surface area contributed by atoms with Crippen molar-refractivity contribution < 1.29 is 4.74 Å². The lowest BCUT2D eigenvalue weighted by Crippen LogP contribution is -2.37. The minimum Gasteiger partial charge on any atom is -0.378 e. The van der Waals surface area contributed by atoms with Gasteiger partial charge >= 0.3 is 0 Å². The lowest BCUT2D eigenvalue weighted by atomic mass is 10.1. The summed E-state index contributed by atoms with van der Waals surface area (Å²) in [6.07, 6.45) is 8.38. The number of hydrogen-bond donors (Lipinski definition) is 1. The Hall–Kier alpha value is -0.120. The number of nitrogens with zero attached hydrogens (tertiary/aromatic N) is 1. The molecule has 0 unspecified atom stereocenters.